The number of hydrogen-bond donors (Lipinski definition) is 2. The molecule has 5 atom stereocenters. The smallest absolute Gasteiger partial charge is 0.319 e. The highest BCUT2D eigenvalue weighted by Crippen LogP contribution is 2.42. The molecule has 0 spiro atoms. The molecule has 0 saturated carbocycles. The number of halogens is 3. The zero-order valence-electron chi connectivity index (χ0n) is 26.1. The van der Waals surface area contributed by atoms with Crippen LogP contribution in [-0.2, 0) is 6.42 Å². The van der Waals surface area contributed by atoms with Crippen molar-refractivity contribution in [2.24, 2.45) is 0 Å². The fraction of sp³-hybridized carbons (Fsp3) is 0.500. The average Bonchev–Trinajstić information content (AvgIpc) is 3.50. The van der Waals surface area contributed by atoms with Crippen molar-refractivity contribution in [1.82, 2.24) is 20.2 Å². The number of anilines is 1. The van der Waals surface area contributed by atoms with Gasteiger partial charge >= 0.3 is 6.01 Å². The van der Waals surface area contributed by atoms with Crippen molar-refractivity contribution >= 4 is 27.5 Å². The summed E-state index contributed by atoms with van der Waals surface area (Å²) in [5.74, 6) is -1.13. The first-order chi connectivity index (χ1) is 22.4. The fourth-order valence-corrected chi connectivity index (χ4v) is 8.65. The van der Waals surface area contributed by atoms with Crippen molar-refractivity contribution in [2.75, 3.05) is 31.1 Å². The van der Waals surface area contributed by atoms with Crippen molar-refractivity contribution < 1.29 is 23.0 Å². The van der Waals surface area contributed by atoms with Gasteiger partial charge in [-0.15, -0.1) is 0 Å². The lowest BCUT2D eigenvalue weighted by atomic mass is 9.92. The Morgan fingerprint density at radius 3 is 2.50 bits per heavy atom. The predicted molar refractivity (Wildman–Crippen MR) is 173 cm³/mol. The molecular formula is C36H40F3N5O2. The van der Waals surface area contributed by atoms with Gasteiger partial charge in [0.1, 0.15) is 29.1 Å². The Balaban J connectivity index is 1.17. The molecule has 0 aliphatic carbocycles. The minimum absolute atomic E-state index is 0.00388. The second-order valence-electron chi connectivity index (χ2n) is 13.6. The molecule has 4 saturated heterocycles. The highest BCUT2D eigenvalue weighted by Gasteiger charge is 2.40. The number of benzene rings is 3. The third-order valence-electron chi connectivity index (χ3n) is 10.7. The number of alkyl halides is 1. The van der Waals surface area contributed by atoms with Gasteiger partial charge in [-0.25, -0.2) is 13.2 Å². The Bertz CT molecular complexity index is 1780. The van der Waals surface area contributed by atoms with Crippen LogP contribution in [0.2, 0.25) is 0 Å². The normalized spacial score (nSPS) is 26.0. The number of aryl methyl sites for hydroxylation is 1. The lowest BCUT2D eigenvalue weighted by Crippen LogP contribution is -2.51. The molecule has 3 aromatic carbocycles. The van der Waals surface area contributed by atoms with Gasteiger partial charge in [-0.05, 0) is 91.5 Å². The van der Waals surface area contributed by atoms with Gasteiger partial charge in [0.25, 0.3) is 0 Å². The second-order valence-corrected chi connectivity index (χ2v) is 13.6. The highest BCUT2D eigenvalue weighted by atomic mass is 19.1. The van der Waals surface area contributed by atoms with Gasteiger partial charge in [-0.1, -0.05) is 25.1 Å². The molecule has 10 heteroatoms. The number of phenols is 1. The van der Waals surface area contributed by atoms with Gasteiger partial charge in [0.05, 0.1) is 12.2 Å². The summed E-state index contributed by atoms with van der Waals surface area (Å²) >= 11 is 0. The van der Waals surface area contributed by atoms with Gasteiger partial charge in [-0.3, -0.25) is 4.90 Å². The van der Waals surface area contributed by atoms with Crippen LogP contribution in [0.3, 0.4) is 0 Å². The van der Waals surface area contributed by atoms with E-state index in [2.05, 4.69) is 20.1 Å². The van der Waals surface area contributed by atoms with Gasteiger partial charge < -0.3 is 20.1 Å². The molecule has 4 aromatic rings. The van der Waals surface area contributed by atoms with Crippen LogP contribution in [0, 0.1) is 11.6 Å². The number of nitrogens with zero attached hydrogens (tertiary/aromatic N) is 4. The van der Waals surface area contributed by atoms with Crippen LogP contribution >= 0.6 is 0 Å². The maximum Gasteiger partial charge on any atom is 0.319 e. The molecule has 3 unspecified atom stereocenters. The van der Waals surface area contributed by atoms with Gasteiger partial charge in [0, 0.05) is 49.2 Å². The van der Waals surface area contributed by atoms with Crippen molar-refractivity contribution in [3.8, 4) is 22.9 Å². The highest BCUT2D eigenvalue weighted by molar-refractivity contribution is 6.03. The number of fused-ring (bicyclic) bond motifs is 6. The summed E-state index contributed by atoms with van der Waals surface area (Å²) in [6.45, 7) is 4.49. The molecule has 242 valence electrons. The number of ether oxygens (including phenoxy) is 1. The number of aromatic nitrogens is 2. The van der Waals surface area contributed by atoms with E-state index in [1.54, 1.807) is 6.07 Å². The fourth-order valence-electron chi connectivity index (χ4n) is 8.65. The van der Waals surface area contributed by atoms with Gasteiger partial charge in [-0.2, -0.15) is 9.97 Å². The number of aromatic hydroxyl groups is 1. The van der Waals surface area contributed by atoms with Crippen LogP contribution < -0.4 is 15.0 Å². The molecule has 4 bridgehead atoms. The lowest BCUT2D eigenvalue weighted by molar-refractivity contribution is 0.0777. The topological polar surface area (TPSA) is 73.8 Å². The molecule has 8 rings (SSSR count). The van der Waals surface area contributed by atoms with Crippen molar-refractivity contribution in [3.05, 3.63) is 53.6 Å². The van der Waals surface area contributed by atoms with E-state index in [1.807, 2.05) is 25.1 Å². The van der Waals surface area contributed by atoms with Crippen LogP contribution in [0.4, 0.5) is 19.0 Å². The molecule has 46 heavy (non-hydrogen) atoms. The second kappa shape index (κ2) is 11.9. The van der Waals surface area contributed by atoms with E-state index in [-0.39, 0.29) is 34.9 Å². The first-order valence-corrected chi connectivity index (χ1v) is 16.8. The van der Waals surface area contributed by atoms with Crippen molar-refractivity contribution in [2.45, 2.75) is 88.6 Å². The Labute approximate surface area is 266 Å². The first-order valence-electron chi connectivity index (χ1n) is 16.8. The molecule has 2 N–H and O–H groups in total. The zero-order chi connectivity index (χ0) is 31.5. The van der Waals surface area contributed by atoms with Crippen LogP contribution in [0.15, 0.2) is 36.4 Å². The standard InChI is InChI=1S/C36H40F3N5O2/c1-2-20-5-3-6-21-13-27(45)16-28(31(20)21)32-30(38)17-29-34(33(32)39)41-36(42-35(29)43-18-23-7-8-24(19-43)40-23)46-12-4-11-44-25-9-10-26(44)15-22(37)14-25/h3,5-6,13,16-17,22-26,40,45H,2,4,7-12,14-15,18-19H2,1H3/t22-,23?,24?,25+,26?/m0/s1. The third kappa shape index (κ3) is 5.23. The quantitative estimate of drug-likeness (QED) is 0.211. The van der Waals surface area contributed by atoms with Crippen LogP contribution in [-0.4, -0.2) is 76.6 Å². The Hall–Kier alpha value is -3.63. The molecule has 0 radical (unpaired) electrons. The summed E-state index contributed by atoms with van der Waals surface area (Å²) in [4.78, 5) is 13.8. The van der Waals surface area contributed by atoms with Gasteiger partial charge in [0.2, 0.25) is 0 Å². The van der Waals surface area contributed by atoms with E-state index >= 15 is 8.78 Å². The molecule has 4 fully saturated rings. The summed E-state index contributed by atoms with van der Waals surface area (Å²) in [5.41, 5.74) is 0.992. The Morgan fingerprint density at radius 2 is 1.76 bits per heavy atom. The molecule has 5 heterocycles. The monoisotopic (exact) mass is 631 g/mol. The lowest BCUT2D eigenvalue weighted by Gasteiger charge is -2.36. The third-order valence-corrected chi connectivity index (χ3v) is 10.7. The van der Waals surface area contributed by atoms with E-state index in [9.17, 15) is 9.50 Å². The Morgan fingerprint density at radius 1 is 1.00 bits per heavy atom. The summed E-state index contributed by atoms with van der Waals surface area (Å²) in [5, 5.41) is 15.9. The molecule has 4 aliphatic heterocycles. The van der Waals surface area contributed by atoms with Crippen LogP contribution in [0.25, 0.3) is 32.8 Å². The summed E-state index contributed by atoms with van der Waals surface area (Å²) in [7, 11) is 0. The van der Waals surface area contributed by atoms with E-state index in [0.29, 0.717) is 85.0 Å². The van der Waals surface area contributed by atoms with Crippen LogP contribution in [0.5, 0.6) is 11.8 Å². The van der Waals surface area contributed by atoms with E-state index in [1.165, 1.54) is 12.1 Å². The van der Waals surface area contributed by atoms with Crippen LogP contribution in [0.1, 0.15) is 57.4 Å². The summed E-state index contributed by atoms with van der Waals surface area (Å²) in [6, 6.07) is 11.3. The predicted octanol–water partition coefficient (Wildman–Crippen LogP) is 6.67. The number of phenolic OH excluding ortho intramolecular Hbond substituents is 1. The Kier molecular flexibility index (Phi) is 7.68. The first kappa shape index (κ1) is 29.8. The van der Waals surface area contributed by atoms with Crippen molar-refractivity contribution in [1.29, 1.82) is 0 Å². The SMILES string of the molecule is CCc1cccc2cc(O)cc(-c3c(F)cc4c(N5CC6CCC(C5)N6)nc(OCCCN5C6CC[C@@H]5C[C@H](F)C6)nc4c3F)c12. The maximum absolute atomic E-state index is 16.8. The number of rotatable bonds is 8. The molecule has 1 aromatic heterocycles. The number of hydrogen-bond acceptors (Lipinski definition) is 7. The number of piperazine rings is 1. The van der Waals surface area contributed by atoms with E-state index < -0.39 is 17.8 Å². The minimum Gasteiger partial charge on any atom is -0.508 e. The van der Waals surface area contributed by atoms with Gasteiger partial charge in [0.15, 0.2) is 5.82 Å². The zero-order valence-corrected chi connectivity index (χ0v) is 26.1. The minimum atomic E-state index is -0.801. The summed E-state index contributed by atoms with van der Waals surface area (Å²) < 4.78 is 53.2. The molecule has 4 aliphatic rings. The summed E-state index contributed by atoms with van der Waals surface area (Å²) in [6.07, 6.45) is 6.06. The largest absolute Gasteiger partial charge is 0.508 e. The number of piperidine rings is 1. The average molecular weight is 632 g/mol. The molecule has 0 amide bonds. The molecular weight excluding hydrogens is 591 g/mol. The maximum atomic E-state index is 16.8. The number of nitrogens with one attached hydrogen (secondary N) is 1. The van der Waals surface area contributed by atoms with Crippen molar-refractivity contribution in [3.63, 3.8) is 0 Å². The van der Waals surface area contributed by atoms with E-state index in [4.69, 9.17) is 9.72 Å². The van der Waals surface area contributed by atoms with E-state index in [0.717, 1.165) is 37.8 Å². The molecule has 7 nitrogen and oxygen atoms in total.